The lowest BCUT2D eigenvalue weighted by Gasteiger charge is -2.31. The van der Waals surface area contributed by atoms with Crippen molar-refractivity contribution in [2.24, 2.45) is 0 Å². The summed E-state index contributed by atoms with van der Waals surface area (Å²) in [6.45, 7) is 3.91. The number of nitrogen functional groups attached to an aromatic ring is 1. The van der Waals surface area contributed by atoms with Crippen molar-refractivity contribution in [2.75, 3.05) is 48.7 Å². The van der Waals surface area contributed by atoms with E-state index in [1.165, 1.54) is 0 Å². The van der Waals surface area contributed by atoms with Crippen LogP contribution in [0.25, 0.3) is 11.3 Å². The first-order valence-corrected chi connectivity index (χ1v) is 11.1. The summed E-state index contributed by atoms with van der Waals surface area (Å²) in [4.78, 5) is 24.0. The van der Waals surface area contributed by atoms with Crippen LogP contribution in [0.1, 0.15) is 19.8 Å². The Kier molecular flexibility index (Phi) is 6.70. The van der Waals surface area contributed by atoms with Gasteiger partial charge in [0.2, 0.25) is 5.95 Å². The van der Waals surface area contributed by atoms with Crippen molar-refractivity contribution >= 4 is 23.5 Å². The highest BCUT2D eigenvalue weighted by molar-refractivity contribution is 5.74. The average Bonchev–Trinajstić information content (AvgIpc) is 3.12. The van der Waals surface area contributed by atoms with Gasteiger partial charge in [-0.05, 0) is 38.0 Å². The fraction of sp³-hybridized carbons (Fsp3) is 0.500. The number of phenols is 1. The molecule has 2 saturated heterocycles. The molecule has 2 aliphatic heterocycles. The Morgan fingerprint density at radius 3 is 2.55 bits per heavy atom. The van der Waals surface area contributed by atoms with E-state index >= 15 is 0 Å². The van der Waals surface area contributed by atoms with Crippen molar-refractivity contribution in [3.05, 3.63) is 24.3 Å². The largest absolute Gasteiger partial charge is 0.507 e. The van der Waals surface area contributed by atoms with E-state index in [2.05, 4.69) is 15.3 Å². The number of hydrogen-bond acceptors (Lipinski definition) is 10. The zero-order valence-corrected chi connectivity index (χ0v) is 18.5. The molecule has 11 heteroatoms. The second kappa shape index (κ2) is 9.67. The van der Waals surface area contributed by atoms with Gasteiger partial charge in [0.25, 0.3) is 0 Å². The fourth-order valence-corrected chi connectivity index (χ4v) is 4.21. The van der Waals surface area contributed by atoms with Crippen molar-refractivity contribution in [1.29, 1.82) is 0 Å². The summed E-state index contributed by atoms with van der Waals surface area (Å²) in [5, 5.41) is 33.5. The van der Waals surface area contributed by atoms with E-state index in [0.717, 1.165) is 18.5 Å². The molecular formula is C22H30N6O5. The topological polar surface area (TPSA) is 157 Å². The SMILES string of the molecule is CCOC(=O)N1CCC(Nc2cc(-c3cc(N4C[C@H](O)[C@@H](O)C4)ccc3O)nc(N)n2)CC1. The Labute approximate surface area is 191 Å². The second-order valence-electron chi connectivity index (χ2n) is 8.34. The summed E-state index contributed by atoms with van der Waals surface area (Å²) >= 11 is 0. The lowest BCUT2D eigenvalue weighted by Crippen LogP contribution is -2.42. The molecule has 0 radical (unpaired) electrons. The predicted octanol–water partition coefficient (Wildman–Crippen LogP) is 1.01. The van der Waals surface area contributed by atoms with E-state index in [0.29, 0.717) is 49.9 Å². The summed E-state index contributed by atoms with van der Waals surface area (Å²) in [5.74, 6) is 0.630. The number of benzene rings is 1. The first-order chi connectivity index (χ1) is 15.8. The summed E-state index contributed by atoms with van der Waals surface area (Å²) in [7, 11) is 0. The number of hydrogen-bond donors (Lipinski definition) is 5. The molecule has 0 spiro atoms. The van der Waals surface area contributed by atoms with Gasteiger partial charge >= 0.3 is 6.09 Å². The first kappa shape index (κ1) is 22.9. The average molecular weight is 459 g/mol. The van der Waals surface area contributed by atoms with Gasteiger partial charge in [0, 0.05) is 49.5 Å². The number of likely N-dealkylation sites (tertiary alicyclic amines) is 1. The van der Waals surface area contributed by atoms with Gasteiger partial charge in [-0.15, -0.1) is 0 Å². The molecule has 1 amide bonds. The van der Waals surface area contributed by atoms with Crippen LogP contribution in [0.5, 0.6) is 5.75 Å². The Morgan fingerprint density at radius 2 is 1.88 bits per heavy atom. The zero-order chi connectivity index (χ0) is 23.5. The van der Waals surface area contributed by atoms with Crippen molar-refractivity contribution in [1.82, 2.24) is 14.9 Å². The third-order valence-electron chi connectivity index (χ3n) is 6.00. The Hall–Kier alpha value is -3.31. The number of nitrogens with zero attached hydrogens (tertiary/aromatic N) is 4. The summed E-state index contributed by atoms with van der Waals surface area (Å²) in [5.41, 5.74) is 7.62. The number of carbonyl (C=O) groups is 1. The number of aliphatic hydroxyl groups excluding tert-OH is 2. The van der Waals surface area contributed by atoms with E-state index in [-0.39, 0.29) is 23.8 Å². The van der Waals surface area contributed by atoms with E-state index in [4.69, 9.17) is 10.5 Å². The quantitative estimate of drug-likeness (QED) is 0.438. The molecule has 0 saturated carbocycles. The van der Waals surface area contributed by atoms with Crippen LogP contribution in [0.4, 0.5) is 22.2 Å². The monoisotopic (exact) mass is 458 g/mol. The van der Waals surface area contributed by atoms with Crippen LogP contribution in [0.2, 0.25) is 0 Å². The number of aromatic nitrogens is 2. The number of piperidine rings is 1. The van der Waals surface area contributed by atoms with E-state index in [9.17, 15) is 20.1 Å². The number of aromatic hydroxyl groups is 1. The number of rotatable bonds is 5. The maximum Gasteiger partial charge on any atom is 0.409 e. The maximum absolute atomic E-state index is 11.9. The molecular weight excluding hydrogens is 428 g/mol. The van der Waals surface area contributed by atoms with Gasteiger partial charge in [0.15, 0.2) is 0 Å². The molecule has 0 unspecified atom stereocenters. The van der Waals surface area contributed by atoms with Crippen LogP contribution in [-0.4, -0.2) is 87.3 Å². The third kappa shape index (κ3) is 5.20. The third-order valence-corrected chi connectivity index (χ3v) is 6.00. The Morgan fingerprint density at radius 1 is 1.18 bits per heavy atom. The van der Waals surface area contributed by atoms with Crippen LogP contribution < -0.4 is 16.0 Å². The Balaban J connectivity index is 1.49. The molecule has 1 aromatic carbocycles. The number of anilines is 3. The number of phenolic OH excluding ortho intramolecular Hbond substituents is 1. The molecule has 3 heterocycles. The van der Waals surface area contributed by atoms with Crippen molar-refractivity contribution < 1.29 is 24.9 Å². The fourth-order valence-electron chi connectivity index (χ4n) is 4.21. The number of nitrogens with two attached hydrogens (primary N) is 1. The molecule has 178 valence electrons. The number of ether oxygens (including phenoxy) is 1. The molecule has 2 fully saturated rings. The van der Waals surface area contributed by atoms with Crippen LogP contribution in [0, 0.1) is 0 Å². The van der Waals surface area contributed by atoms with Gasteiger partial charge in [-0.2, -0.15) is 4.98 Å². The molecule has 0 bridgehead atoms. The molecule has 4 rings (SSSR count). The van der Waals surface area contributed by atoms with E-state index in [1.807, 2.05) is 4.90 Å². The summed E-state index contributed by atoms with van der Waals surface area (Å²) < 4.78 is 5.06. The summed E-state index contributed by atoms with van der Waals surface area (Å²) in [6, 6.07) is 6.86. The van der Waals surface area contributed by atoms with Gasteiger partial charge in [-0.25, -0.2) is 9.78 Å². The number of carbonyl (C=O) groups excluding carboxylic acids is 1. The highest BCUT2D eigenvalue weighted by Crippen LogP contribution is 2.34. The molecule has 33 heavy (non-hydrogen) atoms. The van der Waals surface area contributed by atoms with Crippen LogP contribution in [0.15, 0.2) is 24.3 Å². The standard InChI is InChI=1S/C22H30N6O5/c1-2-33-22(32)27-7-5-13(6-8-27)24-20-10-16(25-21(23)26-20)15-9-14(3-4-17(15)29)28-11-18(30)19(31)12-28/h3-4,9-10,13,18-19,29-31H,2,5-8,11-12H2,1H3,(H3,23,24,25,26)/t18-,19-/m0/s1. The molecule has 0 aliphatic carbocycles. The summed E-state index contributed by atoms with van der Waals surface area (Å²) in [6.07, 6.45) is -0.458. The van der Waals surface area contributed by atoms with Crippen LogP contribution in [0.3, 0.4) is 0 Å². The maximum atomic E-state index is 11.9. The van der Waals surface area contributed by atoms with Crippen molar-refractivity contribution in [3.63, 3.8) is 0 Å². The minimum absolute atomic E-state index is 0.0332. The molecule has 6 N–H and O–H groups in total. The molecule has 2 aliphatic rings. The first-order valence-electron chi connectivity index (χ1n) is 11.1. The van der Waals surface area contributed by atoms with Gasteiger partial charge in [-0.1, -0.05) is 0 Å². The molecule has 11 nitrogen and oxygen atoms in total. The highest BCUT2D eigenvalue weighted by Gasteiger charge is 2.30. The lowest BCUT2D eigenvalue weighted by molar-refractivity contribution is 0.0572. The number of aliphatic hydroxyl groups is 2. The van der Waals surface area contributed by atoms with Crippen LogP contribution >= 0.6 is 0 Å². The zero-order valence-electron chi connectivity index (χ0n) is 18.5. The van der Waals surface area contributed by atoms with Gasteiger partial charge in [-0.3, -0.25) is 0 Å². The minimum atomic E-state index is -0.817. The predicted molar refractivity (Wildman–Crippen MR) is 123 cm³/mol. The smallest absolute Gasteiger partial charge is 0.409 e. The normalized spacial score (nSPS) is 21.3. The van der Waals surface area contributed by atoms with Gasteiger partial charge < -0.3 is 40.9 Å². The molecule has 2 atom stereocenters. The highest BCUT2D eigenvalue weighted by atomic mass is 16.6. The minimum Gasteiger partial charge on any atom is -0.507 e. The molecule has 1 aromatic heterocycles. The molecule has 2 aromatic rings. The number of β-amino-alcohol motifs (C(OH)–C–C–N with tert-alkyl or cyclic N) is 2. The van der Waals surface area contributed by atoms with E-state index in [1.54, 1.807) is 36.1 Å². The lowest BCUT2D eigenvalue weighted by atomic mass is 10.1. The number of nitrogens with one attached hydrogen (secondary N) is 1. The van der Waals surface area contributed by atoms with E-state index < -0.39 is 12.2 Å². The second-order valence-corrected chi connectivity index (χ2v) is 8.34. The van der Waals surface area contributed by atoms with Crippen LogP contribution in [-0.2, 0) is 4.74 Å². The van der Waals surface area contributed by atoms with Crippen molar-refractivity contribution in [3.8, 4) is 17.0 Å². The number of amides is 1. The Bertz CT molecular complexity index is 987. The van der Waals surface area contributed by atoms with Crippen molar-refractivity contribution in [2.45, 2.75) is 38.0 Å². The van der Waals surface area contributed by atoms with Gasteiger partial charge in [0.05, 0.1) is 24.5 Å². The van der Waals surface area contributed by atoms with Gasteiger partial charge in [0.1, 0.15) is 11.6 Å².